The van der Waals surface area contributed by atoms with E-state index in [-0.39, 0.29) is 18.1 Å². The number of carbonyl (C=O) groups excluding carboxylic acids is 1. The van der Waals surface area contributed by atoms with Crippen LogP contribution >= 0.6 is 0 Å². The maximum Gasteiger partial charge on any atom is 0.247 e. The SMILES string of the molecule is CO[C@@H]1C[C@@H](c2ncn[nH]2)N(C(=O)/C=C(\C)c2ccccc2C)C1. The average molecular weight is 326 g/mol. The van der Waals surface area contributed by atoms with Crippen LogP contribution in [0.5, 0.6) is 0 Å². The number of amides is 1. The van der Waals surface area contributed by atoms with Crippen molar-refractivity contribution in [2.24, 2.45) is 0 Å². The first-order valence-corrected chi connectivity index (χ1v) is 8.03. The minimum atomic E-state index is -0.133. The number of hydrogen-bond donors (Lipinski definition) is 1. The number of hydrogen-bond acceptors (Lipinski definition) is 4. The Morgan fingerprint density at radius 1 is 1.42 bits per heavy atom. The van der Waals surface area contributed by atoms with Crippen LogP contribution in [0.1, 0.15) is 36.3 Å². The van der Waals surface area contributed by atoms with Gasteiger partial charge in [0.2, 0.25) is 5.91 Å². The summed E-state index contributed by atoms with van der Waals surface area (Å²) in [5.41, 5.74) is 3.20. The van der Waals surface area contributed by atoms with Crippen molar-refractivity contribution < 1.29 is 9.53 Å². The predicted molar refractivity (Wildman–Crippen MR) is 91.1 cm³/mol. The van der Waals surface area contributed by atoms with Gasteiger partial charge in [-0.15, -0.1) is 0 Å². The monoisotopic (exact) mass is 326 g/mol. The van der Waals surface area contributed by atoms with Crippen molar-refractivity contribution in [2.75, 3.05) is 13.7 Å². The summed E-state index contributed by atoms with van der Waals surface area (Å²) in [6.45, 7) is 4.57. The first-order chi connectivity index (χ1) is 11.6. The van der Waals surface area contributed by atoms with E-state index in [0.717, 1.165) is 16.7 Å². The fourth-order valence-electron chi connectivity index (χ4n) is 3.21. The molecule has 6 heteroatoms. The van der Waals surface area contributed by atoms with Gasteiger partial charge in [-0.3, -0.25) is 9.89 Å². The largest absolute Gasteiger partial charge is 0.380 e. The number of ether oxygens (including phenoxy) is 1. The molecular weight excluding hydrogens is 304 g/mol. The van der Waals surface area contributed by atoms with Crippen molar-refractivity contribution in [1.29, 1.82) is 0 Å². The number of aromatic nitrogens is 3. The summed E-state index contributed by atoms with van der Waals surface area (Å²) in [5, 5.41) is 6.77. The highest BCUT2D eigenvalue weighted by atomic mass is 16.5. The molecule has 2 heterocycles. The molecule has 24 heavy (non-hydrogen) atoms. The third-order valence-electron chi connectivity index (χ3n) is 4.54. The molecule has 2 aromatic rings. The molecule has 0 spiro atoms. The molecule has 1 amide bonds. The third kappa shape index (κ3) is 3.23. The molecule has 0 bridgehead atoms. The van der Waals surface area contributed by atoms with Crippen molar-refractivity contribution in [2.45, 2.75) is 32.4 Å². The first-order valence-electron chi connectivity index (χ1n) is 8.03. The Labute approximate surface area is 141 Å². The van der Waals surface area contributed by atoms with Gasteiger partial charge in [-0.2, -0.15) is 5.10 Å². The zero-order valence-corrected chi connectivity index (χ0v) is 14.2. The summed E-state index contributed by atoms with van der Waals surface area (Å²) in [6, 6.07) is 7.93. The molecule has 1 saturated heterocycles. The van der Waals surface area contributed by atoms with Crippen molar-refractivity contribution in [3.05, 3.63) is 53.6 Å². The Morgan fingerprint density at radius 2 is 2.21 bits per heavy atom. The van der Waals surface area contributed by atoms with E-state index in [9.17, 15) is 4.79 Å². The standard InChI is InChI=1S/C18H22N4O2/c1-12-6-4-5-7-15(12)13(2)8-17(23)22-10-14(24-3)9-16(22)18-19-11-20-21-18/h4-8,11,14,16H,9-10H2,1-3H3,(H,19,20,21)/b13-8+/t14-,16+/m1/s1. The van der Waals surface area contributed by atoms with E-state index in [0.29, 0.717) is 18.8 Å². The molecule has 6 nitrogen and oxygen atoms in total. The van der Waals surface area contributed by atoms with E-state index in [1.54, 1.807) is 18.1 Å². The van der Waals surface area contributed by atoms with Crippen LogP contribution in [0.4, 0.5) is 0 Å². The molecule has 0 aliphatic carbocycles. The topological polar surface area (TPSA) is 71.1 Å². The van der Waals surface area contributed by atoms with Crippen LogP contribution in [-0.2, 0) is 9.53 Å². The van der Waals surface area contributed by atoms with Crippen LogP contribution in [0.3, 0.4) is 0 Å². The lowest BCUT2D eigenvalue weighted by Crippen LogP contribution is -2.31. The molecule has 0 radical (unpaired) electrons. The number of aromatic amines is 1. The smallest absolute Gasteiger partial charge is 0.247 e. The molecule has 1 aromatic heterocycles. The highest BCUT2D eigenvalue weighted by Crippen LogP contribution is 2.32. The number of nitrogens with one attached hydrogen (secondary N) is 1. The van der Waals surface area contributed by atoms with Crippen LogP contribution < -0.4 is 0 Å². The third-order valence-corrected chi connectivity index (χ3v) is 4.54. The van der Waals surface area contributed by atoms with Crippen LogP contribution in [-0.4, -0.2) is 45.7 Å². The van der Waals surface area contributed by atoms with Gasteiger partial charge in [0.1, 0.15) is 12.2 Å². The number of aryl methyl sites for hydroxylation is 1. The van der Waals surface area contributed by atoms with E-state index >= 15 is 0 Å². The minimum absolute atomic E-state index is 0.0104. The van der Waals surface area contributed by atoms with Crippen molar-refractivity contribution >= 4 is 11.5 Å². The predicted octanol–water partition coefficient (Wildman–Crippen LogP) is 2.51. The molecule has 126 valence electrons. The van der Waals surface area contributed by atoms with Crippen LogP contribution in [0, 0.1) is 6.92 Å². The van der Waals surface area contributed by atoms with Gasteiger partial charge >= 0.3 is 0 Å². The number of H-pyrrole nitrogens is 1. The van der Waals surface area contributed by atoms with Gasteiger partial charge in [-0.1, -0.05) is 24.3 Å². The quantitative estimate of drug-likeness (QED) is 0.876. The van der Waals surface area contributed by atoms with Gasteiger partial charge in [0.15, 0.2) is 0 Å². The molecule has 3 rings (SSSR count). The van der Waals surface area contributed by atoms with Gasteiger partial charge in [0.25, 0.3) is 0 Å². The molecule has 1 N–H and O–H groups in total. The lowest BCUT2D eigenvalue weighted by Gasteiger charge is -2.21. The molecule has 1 aliphatic heterocycles. The van der Waals surface area contributed by atoms with Gasteiger partial charge in [-0.05, 0) is 30.5 Å². The van der Waals surface area contributed by atoms with Crippen molar-refractivity contribution in [3.8, 4) is 0 Å². The number of likely N-dealkylation sites (tertiary alicyclic amines) is 1. The first kappa shape index (κ1) is 16.4. The molecule has 0 saturated carbocycles. The van der Waals surface area contributed by atoms with Gasteiger partial charge in [-0.25, -0.2) is 4.98 Å². The summed E-state index contributed by atoms with van der Waals surface area (Å²) in [6.07, 6.45) is 3.89. The summed E-state index contributed by atoms with van der Waals surface area (Å²) in [7, 11) is 1.67. The zero-order chi connectivity index (χ0) is 17.1. The van der Waals surface area contributed by atoms with Crippen LogP contribution in [0.25, 0.3) is 5.57 Å². The van der Waals surface area contributed by atoms with Gasteiger partial charge < -0.3 is 9.64 Å². The molecule has 1 fully saturated rings. The Morgan fingerprint density at radius 3 is 2.88 bits per heavy atom. The summed E-state index contributed by atoms with van der Waals surface area (Å²) >= 11 is 0. The van der Waals surface area contributed by atoms with Crippen LogP contribution in [0.2, 0.25) is 0 Å². The summed E-state index contributed by atoms with van der Waals surface area (Å²) in [4.78, 5) is 18.9. The minimum Gasteiger partial charge on any atom is -0.380 e. The molecule has 1 aromatic carbocycles. The Bertz CT molecular complexity index is 739. The second-order valence-electron chi connectivity index (χ2n) is 6.11. The number of nitrogens with zero attached hydrogens (tertiary/aromatic N) is 3. The number of rotatable bonds is 4. The summed E-state index contributed by atoms with van der Waals surface area (Å²) < 4.78 is 5.45. The number of benzene rings is 1. The van der Waals surface area contributed by atoms with Crippen molar-refractivity contribution in [1.82, 2.24) is 20.1 Å². The van der Waals surface area contributed by atoms with Gasteiger partial charge in [0, 0.05) is 26.2 Å². The Hall–Kier alpha value is -2.47. The Balaban J connectivity index is 1.85. The van der Waals surface area contributed by atoms with E-state index in [2.05, 4.69) is 15.2 Å². The average Bonchev–Trinajstić information content (AvgIpc) is 3.24. The maximum absolute atomic E-state index is 12.8. The van der Waals surface area contributed by atoms with Gasteiger partial charge in [0.05, 0.1) is 12.1 Å². The van der Waals surface area contributed by atoms with E-state index < -0.39 is 0 Å². The van der Waals surface area contributed by atoms with E-state index in [4.69, 9.17) is 4.74 Å². The fraction of sp³-hybridized carbons (Fsp3) is 0.389. The number of allylic oxidation sites excluding steroid dienone is 1. The van der Waals surface area contributed by atoms with Crippen molar-refractivity contribution in [3.63, 3.8) is 0 Å². The highest BCUT2D eigenvalue weighted by molar-refractivity contribution is 5.95. The van der Waals surface area contributed by atoms with Crippen LogP contribution in [0.15, 0.2) is 36.7 Å². The fourth-order valence-corrected chi connectivity index (χ4v) is 3.21. The maximum atomic E-state index is 12.8. The molecular formula is C18H22N4O2. The number of methoxy groups -OCH3 is 1. The Kier molecular flexibility index (Phi) is 4.76. The normalized spacial score (nSPS) is 21.3. The molecule has 0 unspecified atom stereocenters. The summed E-state index contributed by atoms with van der Waals surface area (Å²) in [5.74, 6) is 0.668. The second-order valence-corrected chi connectivity index (χ2v) is 6.11. The van der Waals surface area contributed by atoms with E-state index in [1.807, 2.05) is 38.1 Å². The lowest BCUT2D eigenvalue weighted by atomic mass is 10.0. The van der Waals surface area contributed by atoms with E-state index in [1.165, 1.54) is 6.33 Å². The highest BCUT2D eigenvalue weighted by Gasteiger charge is 2.37. The second kappa shape index (κ2) is 6.97. The number of carbonyl (C=O) groups is 1. The zero-order valence-electron chi connectivity index (χ0n) is 14.2. The molecule has 1 aliphatic rings. The molecule has 2 atom stereocenters. The lowest BCUT2D eigenvalue weighted by molar-refractivity contribution is -0.127.